The van der Waals surface area contributed by atoms with Gasteiger partial charge in [-0.15, -0.1) is 0 Å². The minimum atomic E-state index is -0.404. The van der Waals surface area contributed by atoms with E-state index in [9.17, 15) is 0 Å². The predicted octanol–water partition coefficient (Wildman–Crippen LogP) is 7.09. The van der Waals surface area contributed by atoms with E-state index in [1.165, 1.54) is 31.9 Å². The smallest absolute Gasteiger partial charge is 0.00685 e. The zero-order chi connectivity index (χ0) is 15.1. The molecule has 1 aromatic heterocycles. The van der Waals surface area contributed by atoms with Gasteiger partial charge in [0.15, 0.2) is 0 Å². The number of rotatable bonds is 2. The molecule has 3 aromatic carbocycles. The van der Waals surface area contributed by atoms with Crippen LogP contribution < -0.4 is 0 Å². The number of hydrogen-bond acceptors (Lipinski definition) is 0. The largest absolute Gasteiger partial charge is 0.0772 e. The molecule has 4 aromatic rings. The Morgan fingerprint density at radius 2 is 1.36 bits per heavy atom. The Morgan fingerprint density at radius 1 is 0.682 bits per heavy atom. The van der Waals surface area contributed by atoms with E-state index in [0.29, 0.717) is 5.92 Å². The molecule has 0 N–H and O–H groups in total. The molecule has 1 unspecified atom stereocenters. The van der Waals surface area contributed by atoms with Gasteiger partial charge in [-0.2, -0.15) is 0 Å². The van der Waals surface area contributed by atoms with Crippen molar-refractivity contribution in [1.82, 2.24) is 0 Å². The van der Waals surface area contributed by atoms with Crippen molar-refractivity contribution < 1.29 is 0 Å². The predicted molar refractivity (Wildman–Crippen MR) is 99.6 cm³/mol. The Morgan fingerprint density at radius 3 is 2.14 bits per heavy atom. The Hall–Kier alpha value is -2.04. The Kier molecular flexibility index (Phi) is 3.28. The Labute approximate surface area is 132 Å². The maximum absolute atomic E-state index is 2.41. The fraction of sp³-hybridized carbons (Fsp3) is 0.143. The van der Waals surface area contributed by atoms with Crippen LogP contribution in [0.5, 0.6) is 0 Å². The number of fused-ring (bicyclic) bond motifs is 3. The van der Waals surface area contributed by atoms with E-state index in [1.54, 1.807) is 0 Å². The monoisotopic (exact) mass is 302 g/mol. The molecular formula is C21H19P. The standard InChI is InChI=1S/C21H19P/c1-15(2)16-12-13-21-19(14-16)18-10-6-7-11-20(18)22(21)17-8-4-3-5-9-17/h3-15H,1-2H3. The van der Waals surface area contributed by atoms with Crippen molar-refractivity contribution in [3.63, 3.8) is 0 Å². The molecule has 0 amide bonds. The van der Waals surface area contributed by atoms with Crippen LogP contribution in [-0.4, -0.2) is 0 Å². The van der Waals surface area contributed by atoms with E-state index in [0.717, 1.165) is 0 Å². The molecule has 0 aliphatic carbocycles. The van der Waals surface area contributed by atoms with Crippen molar-refractivity contribution in [3.05, 3.63) is 78.4 Å². The first-order valence-corrected chi connectivity index (χ1v) is 9.18. The second-order valence-electron chi connectivity index (χ2n) is 6.12. The average molecular weight is 302 g/mol. The molecule has 0 nitrogen and oxygen atoms in total. The third-order valence-corrected chi connectivity index (χ3v) is 6.94. The maximum Gasteiger partial charge on any atom is 0.00685 e. The van der Waals surface area contributed by atoms with Crippen LogP contribution in [0.4, 0.5) is 0 Å². The van der Waals surface area contributed by atoms with Crippen molar-refractivity contribution in [1.29, 1.82) is 0 Å². The molecule has 0 saturated carbocycles. The van der Waals surface area contributed by atoms with Crippen LogP contribution in [-0.2, 0) is 0 Å². The maximum atomic E-state index is 2.41. The van der Waals surface area contributed by atoms with Gasteiger partial charge in [-0.1, -0.05) is 82.0 Å². The summed E-state index contributed by atoms with van der Waals surface area (Å²) < 4.78 is 0. The van der Waals surface area contributed by atoms with Crippen molar-refractivity contribution in [2.45, 2.75) is 19.8 Å². The van der Waals surface area contributed by atoms with E-state index in [-0.39, 0.29) is 0 Å². The van der Waals surface area contributed by atoms with Crippen LogP contribution in [0, 0.1) is 0 Å². The fourth-order valence-corrected chi connectivity index (χ4v) is 5.81. The topological polar surface area (TPSA) is 0 Å². The molecule has 4 rings (SSSR count). The van der Waals surface area contributed by atoms with Crippen LogP contribution in [0.25, 0.3) is 26.3 Å². The van der Waals surface area contributed by atoms with E-state index in [2.05, 4.69) is 86.6 Å². The van der Waals surface area contributed by atoms with Gasteiger partial charge in [0, 0.05) is 10.2 Å². The molecule has 1 heterocycles. The van der Waals surface area contributed by atoms with Crippen LogP contribution in [0.1, 0.15) is 25.3 Å². The van der Waals surface area contributed by atoms with Gasteiger partial charge in [-0.25, -0.2) is 0 Å². The van der Waals surface area contributed by atoms with Gasteiger partial charge in [0.25, 0.3) is 0 Å². The summed E-state index contributed by atoms with van der Waals surface area (Å²) in [6.45, 7) is 4.53. The molecular weight excluding hydrogens is 283 g/mol. The van der Waals surface area contributed by atoms with Gasteiger partial charge < -0.3 is 0 Å². The molecule has 0 saturated heterocycles. The lowest BCUT2D eigenvalue weighted by Gasteiger charge is -2.06. The lowest BCUT2D eigenvalue weighted by Crippen LogP contribution is -1.85. The fourth-order valence-electron chi connectivity index (χ4n) is 3.20. The van der Waals surface area contributed by atoms with Crippen molar-refractivity contribution in [2.75, 3.05) is 0 Å². The summed E-state index contributed by atoms with van der Waals surface area (Å²) in [4.78, 5) is 0. The van der Waals surface area contributed by atoms with Crippen LogP contribution in [0.15, 0.2) is 72.8 Å². The number of hydrogen-bond donors (Lipinski definition) is 0. The summed E-state index contributed by atoms with van der Waals surface area (Å²) in [6.07, 6.45) is 0. The average Bonchev–Trinajstić information content (AvgIpc) is 2.89. The second kappa shape index (κ2) is 5.30. The summed E-state index contributed by atoms with van der Waals surface area (Å²) in [6, 6.07) is 27.0. The summed E-state index contributed by atoms with van der Waals surface area (Å²) in [5.41, 5.74) is 1.43. The van der Waals surface area contributed by atoms with Gasteiger partial charge in [0.2, 0.25) is 0 Å². The molecule has 0 radical (unpaired) electrons. The minimum absolute atomic E-state index is 0.404. The Balaban J connectivity index is 2.14. The molecule has 0 aliphatic heterocycles. The van der Waals surface area contributed by atoms with Crippen molar-refractivity contribution in [3.8, 4) is 5.30 Å². The SMILES string of the molecule is CC(C)c1ccc2c(c1)c1ccccc1p2-c1ccccc1. The van der Waals surface area contributed by atoms with E-state index < -0.39 is 7.53 Å². The molecule has 0 spiro atoms. The molecule has 0 aliphatic rings. The number of benzene rings is 3. The van der Waals surface area contributed by atoms with Gasteiger partial charge >= 0.3 is 0 Å². The zero-order valence-electron chi connectivity index (χ0n) is 13.0. The first-order chi connectivity index (χ1) is 10.8. The van der Waals surface area contributed by atoms with Gasteiger partial charge in [-0.3, -0.25) is 0 Å². The lowest BCUT2D eigenvalue weighted by atomic mass is 10.0. The second-order valence-corrected chi connectivity index (χ2v) is 8.27. The molecule has 1 heteroatoms. The lowest BCUT2D eigenvalue weighted by molar-refractivity contribution is 0.869. The van der Waals surface area contributed by atoms with Gasteiger partial charge in [0.05, 0.1) is 0 Å². The zero-order valence-corrected chi connectivity index (χ0v) is 13.8. The van der Waals surface area contributed by atoms with E-state index in [4.69, 9.17) is 0 Å². The highest BCUT2D eigenvalue weighted by molar-refractivity contribution is 7.67. The third-order valence-electron chi connectivity index (χ3n) is 4.38. The highest BCUT2D eigenvalue weighted by Gasteiger charge is 2.13. The molecule has 1 atom stereocenters. The van der Waals surface area contributed by atoms with Gasteiger partial charge in [-0.05, 0) is 39.7 Å². The highest BCUT2D eigenvalue weighted by atomic mass is 31.1. The molecule has 0 fully saturated rings. The molecule has 22 heavy (non-hydrogen) atoms. The van der Waals surface area contributed by atoms with Crippen LogP contribution in [0.2, 0.25) is 0 Å². The van der Waals surface area contributed by atoms with Crippen LogP contribution in [0.3, 0.4) is 0 Å². The van der Waals surface area contributed by atoms with Crippen LogP contribution >= 0.6 is 7.53 Å². The van der Waals surface area contributed by atoms with E-state index in [1.807, 2.05) is 0 Å². The summed E-state index contributed by atoms with van der Waals surface area (Å²) in [5.74, 6) is 0.570. The third kappa shape index (κ3) is 2.07. The normalized spacial score (nSPS) is 12.4. The minimum Gasteiger partial charge on any atom is -0.0772 e. The highest BCUT2D eigenvalue weighted by Crippen LogP contribution is 2.55. The van der Waals surface area contributed by atoms with Gasteiger partial charge in [0.1, 0.15) is 0 Å². The first kappa shape index (κ1) is 13.6. The molecule has 0 bridgehead atoms. The summed E-state index contributed by atoms with van der Waals surface area (Å²) in [5, 5.41) is 7.32. The molecule has 108 valence electrons. The van der Waals surface area contributed by atoms with Crippen molar-refractivity contribution in [2.24, 2.45) is 0 Å². The first-order valence-electron chi connectivity index (χ1n) is 7.84. The summed E-state index contributed by atoms with van der Waals surface area (Å²) in [7, 11) is -0.404. The van der Waals surface area contributed by atoms with E-state index >= 15 is 0 Å². The Bertz CT molecular complexity index is 946. The quantitative estimate of drug-likeness (QED) is 0.370. The van der Waals surface area contributed by atoms with Crippen molar-refractivity contribution >= 4 is 28.5 Å². The summed E-state index contributed by atoms with van der Waals surface area (Å²) >= 11 is 0.